The van der Waals surface area contributed by atoms with Crippen molar-refractivity contribution in [2.24, 2.45) is 5.92 Å². The van der Waals surface area contributed by atoms with Gasteiger partial charge < -0.3 is 0 Å². The van der Waals surface area contributed by atoms with Crippen LogP contribution in [0.4, 0.5) is 0 Å². The zero-order valence-corrected chi connectivity index (χ0v) is 13.1. The highest BCUT2D eigenvalue weighted by Gasteiger charge is 2.29. The topological polar surface area (TPSA) is 17.1 Å². The average molecular weight is 254 g/mol. The highest BCUT2D eigenvalue weighted by atomic mass is 28.3. The summed E-state index contributed by atoms with van der Waals surface area (Å²) >= 11 is 0. The lowest BCUT2D eigenvalue weighted by atomic mass is 9.85. The van der Waals surface area contributed by atoms with Gasteiger partial charge in [0.1, 0.15) is 5.78 Å². The van der Waals surface area contributed by atoms with E-state index >= 15 is 0 Å². The number of carbonyl (C=O) groups is 1. The van der Waals surface area contributed by atoms with Crippen molar-refractivity contribution < 1.29 is 4.79 Å². The fraction of sp³-hybridized carbons (Fsp3) is 0.933. The second kappa shape index (κ2) is 7.35. The fourth-order valence-corrected chi connectivity index (χ4v) is 6.63. The molecule has 100 valence electrons. The maximum atomic E-state index is 12.2. The third kappa shape index (κ3) is 4.24. The minimum Gasteiger partial charge on any atom is -0.299 e. The lowest BCUT2D eigenvalue weighted by Crippen LogP contribution is -2.32. The summed E-state index contributed by atoms with van der Waals surface area (Å²) in [5.74, 6) is 1.03. The molecule has 0 spiro atoms. The number of ketones is 1. The second-order valence-electron chi connectivity index (χ2n) is 5.86. The summed E-state index contributed by atoms with van der Waals surface area (Å²) in [4.78, 5) is 12.2. The van der Waals surface area contributed by atoms with E-state index < -0.39 is 8.07 Å². The van der Waals surface area contributed by atoms with Gasteiger partial charge in [-0.05, 0) is 12.8 Å². The van der Waals surface area contributed by atoms with Crippen LogP contribution in [0.5, 0.6) is 0 Å². The molecule has 0 heterocycles. The Hall–Kier alpha value is -0.113. The summed E-state index contributed by atoms with van der Waals surface area (Å²) in [7, 11) is -1.06. The molecule has 0 saturated heterocycles. The van der Waals surface area contributed by atoms with Crippen LogP contribution in [-0.2, 0) is 4.79 Å². The van der Waals surface area contributed by atoms with E-state index in [1.807, 2.05) is 0 Å². The number of Topliss-reactive ketones (excluding diaryl/α,β-unsaturated/α-hetero) is 1. The number of hydrogen-bond acceptors (Lipinski definition) is 1. The summed E-state index contributed by atoms with van der Waals surface area (Å²) < 4.78 is 0. The molecule has 0 radical (unpaired) electrons. The maximum Gasteiger partial charge on any atom is 0.135 e. The highest BCUT2D eigenvalue weighted by Crippen LogP contribution is 2.30. The minimum atomic E-state index is -1.06. The molecule has 1 nitrogen and oxygen atoms in total. The van der Waals surface area contributed by atoms with Crippen LogP contribution in [0, 0.1) is 5.92 Å². The Balaban J connectivity index is 2.40. The van der Waals surface area contributed by atoms with Crippen molar-refractivity contribution in [3.63, 3.8) is 0 Å². The summed E-state index contributed by atoms with van der Waals surface area (Å²) in [6.45, 7) is 7.01. The standard InChI is InChI=1S/C15H30OSi/c1-4-17(5-2,6-3)13-12-15(16)14-10-8-7-9-11-14/h14H,4-13H2,1-3H3. The molecule has 0 aliphatic heterocycles. The Morgan fingerprint density at radius 2 is 1.53 bits per heavy atom. The quantitative estimate of drug-likeness (QED) is 0.582. The third-order valence-corrected chi connectivity index (χ3v) is 11.0. The summed E-state index contributed by atoms with van der Waals surface area (Å²) in [6, 6.07) is 5.33. The second-order valence-corrected chi connectivity index (χ2v) is 11.5. The van der Waals surface area contributed by atoms with Crippen molar-refractivity contribution in [2.75, 3.05) is 0 Å². The summed E-state index contributed by atoms with van der Waals surface area (Å²) in [5, 5.41) is 0. The molecule has 0 aromatic carbocycles. The Morgan fingerprint density at radius 1 is 1.00 bits per heavy atom. The maximum absolute atomic E-state index is 12.2. The van der Waals surface area contributed by atoms with Crippen molar-refractivity contribution in [1.29, 1.82) is 0 Å². The molecule has 1 aliphatic carbocycles. The molecule has 1 saturated carbocycles. The molecule has 0 amide bonds. The van der Waals surface area contributed by atoms with Crippen molar-refractivity contribution in [2.45, 2.75) is 83.5 Å². The molecule has 1 rings (SSSR count). The predicted octanol–water partition coefficient (Wildman–Crippen LogP) is 5.03. The molecule has 0 aromatic heterocycles. The summed E-state index contributed by atoms with van der Waals surface area (Å²) in [5.41, 5.74) is 0. The smallest absolute Gasteiger partial charge is 0.135 e. The third-order valence-electron chi connectivity index (χ3n) is 5.21. The van der Waals surface area contributed by atoms with Gasteiger partial charge in [-0.25, -0.2) is 0 Å². The van der Waals surface area contributed by atoms with Crippen LogP contribution < -0.4 is 0 Å². The molecule has 1 aliphatic rings. The Morgan fingerprint density at radius 3 is 2.00 bits per heavy atom. The van der Waals surface area contributed by atoms with E-state index in [1.54, 1.807) is 0 Å². The van der Waals surface area contributed by atoms with Gasteiger partial charge in [-0.2, -0.15) is 0 Å². The van der Waals surface area contributed by atoms with Gasteiger partial charge in [-0.15, -0.1) is 0 Å². The van der Waals surface area contributed by atoms with Gasteiger partial charge in [0, 0.05) is 12.3 Å². The van der Waals surface area contributed by atoms with Crippen LogP contribution in [0.25, 0.3) is 0 Å². The normalized spacial score (nSPS) is 18.3. The first-order valence-electron chi connectivity index (χ1n) is 7.70. The number of rotatable bonds is 7. The van der Waals surface area contributed by atoms with Gasteiger partial charge in [0.05, 0.1) is 8.07 Å². The van der Waals surface area contributed by atoms with Crippen molar-refractivity contribution >= 4 is 13.9 Å². The zero-order valence-electron chi connectivity index (χ0n) is 12.1. The largest absolute Gasteiger partial charge is 0.299 e. The van der Waals surface area contributed by atoms with E-state index in [0.717, 1.165) is 6.42 Å². The van der Waals surface area contributed by atoms with Gasteiger partial charge in [0.15, 0.2) is 0 Å². The summed E-state index contributed by atoms with van der Waals surface area (Å²) in [6.07, 6.45) is 7.17. The Labute approximate surface area is 108 Å². The van der Waals surface area contributed by atoms with E-state index in [4.69, 9.17) is 0 Å². The first-order chi connectivity index (χ1) is 8.17. The molecular formula is C15H30OSi. The van der Waals surface area contributed by atoms with Gasteiger partial charge in [-0.3, -0.25) is 4.79 Å². The number of carbonyl (C=O) groups excluding carboxylic acids is 1. The van der Waals surface area contributed by atoms with Crippen molar-refractivity contribution in [1.82, 2.24) is 0 Å². The highest BCUT2D eigenvalue weighted by molar-refractivity contribution is 6.79. The molecule has 1 fully saturated rings. The van der Waals surface area contributed by atoms with E-state index in [0.29, 0.717) is 11.7 Å². The van der Waals surface area contributed by atoms with Gasteiger partial charge in [-0.1, -0.05) is 64.2 Å². The Kier molecular flexibility index (Phi) is 6.46. The first-order valence-corrected chi connectivity index (χ1v) is 10.5. The lowest BCUT2D eigenvalue weighted by molar-refractivity contribution is -0.123. The molecule has 0 atom stereocenters. The molecule has 2 heteroatoms. The Bertz CT molecular complexity index is 219. The van der Waals surface area contributed by atoms with Crippen molar-refractivity contribution in [3.8, 4) is 0 Å². The molecule has 0 aromatic rings. The van der Waals surface area contributed by atoms with Gasteiger partial charge in [0.25, 0.3) is 0 Å². The molecule has 0 bridgehead atoms. The lowest BCUT2D eigenvalue weighted by Gasteiger charge is -2.29. The SMILES string of the molecule is CC[Si](CC)(CC)CCC(=O)C1CCCCC1. The first kappa shape index (κ1) is 14.9. The monoisotopic (exact) mass is 254 g/mol. The number of hydrogen-bond donors (Lipinski definition) is 0. The van der Waals surface area contributed by atoms with Crippen LogP contribution >= 0.6 is 0 Å². The zero-order chi connectivity index (χ0) is 12.7. The minimum absolute atomic E-state index is 0.431. The van der Waals surface area contributed by atoms with Gasteiger partial charge >= 0.3 is 0 Å². The van der Waals surface area contributed by atoms with E-state index in [-0.39, 0.29) is 0 Å². The van der Waals surface area contributed by atoms with Gasteiger partial charge in [0.2, 0.25) is 0 Å². The van der Waals surface area contributed by atoms with E-state index in [1.165, 1.54) is 56.3 Å². The van der Waals surface area contributed by atoms with E-state index in [2.05, 4.69) is 20.8 Å². The van der Waals surface area contributed by atoms with E-state index in [9.17, 15) is 4.79 Å². The van der Waals surface area contributed by atoms with Crippen LogP contribution in [-0.4, -0.2) is 13.9 Å². The van der Waals surface area contributed by atoms with Crippen LogP contribution in [0.3, 0.4) is 0 Å². The van der Waals surface area contributed by atoms with Crippen LogP contribution in [0.1, 0.15) is 59.3 Å². The molecule has 0 unspecified atom stereocenters. The fourth-order valence-electron chi connectivity index (χ4n) is 3.30. The molecule has 0 N–H and O–H groups in total. The molecule has 17 heavy (non-hydrogen) atoms. The van der Waals surface area contributed by atoms with Crippen LogP contribution in [0.15, 0.2) is 0 Å². The van der Waals surface area contributed by atoms with Crippen LogP contribution in [0.2, 0.25) is 24.2 Å². The molecular weight excluding hydrogens is 224 g/mol. The van der Waals surface area contributed by atoms with Crippen molar-refractivity contribution in [3.05, 3.63) is 0 Å². The average Bonchev–Trinajstić information content (AvgIpc) is 2.41. The predicted molar refractivity (Wildman–Crippen MR) is 78.2 cm³/mol.